The first kappa shape index (κ1) is 56.0. The number of ether oxygens (including phenoxy) is 4. The van der Waals surface area contributed by atoms with Gasteiger partial charge in [-0.3, -0.25) is 29.2 Å². The van der Waals surface area contributed by atoms with E-state index < -0.39 is 0 Å². The number of nitrogens with one attached hydrogen (secondary N) is 4. The molecule has 4 fully saturated rings. The molecule has 5 aliphatic rings. The number of rotatable bonds is 20. The summed E-state index contributed by atoms with van der Waals surface area (Å²) in [6, 6.07) is 67.6. The number of hydrogen-bond donors (Lipinski definition) is 4. The van der Waals surface area contributed by atoms with E-state index >= 15 is 9.59 Å². The van der Waals surface area contributed by atoms with Crippen molar-refractivity contribution in [2.24, 2.45) is 0 Å². The highest BCUT2D eigenvalue weighted by molar-refractivity contribution is 6.35. The minimum atomic E-state index is -0.215. The molecule has 88 heavy (non-hydrogen) atoms. The highest BCUT2D eigenvalue weighted by atomic mass is 16.5. The standard InChI is InChI=1S/C74H72N8O6/c83-69-65-61(75-29-33-79-37-41-85-71(79)57-21-17-49-9-1-5-13-53(49)45-57)25-26-62(76-30-34-80-38-42-86-72(80)58-22-18-50-10-2-6-14-54(50)46-58)66(65)70(84)68-64(78-32-36-82-40-44-88-74(82)60-24-20-52-12-4-8-16-56(52)48-60)28-27-63(67(68)69)77-31-35-81-39-43-87-73(81)59-23-19-51-11-3-7-15-55(51)47-59/h1-28,45-48,71-78H,29-44H2. The van der Waals surface area contributed by atoms with Crippen molar-refractivity contribution in [1.82, 2.24) is 19.6 Å². The molecule has 4 saturated heterocycles. The van der Waals surface area contributed by atoms with E-state index in [0.717, 1.165) is 48.4 Å². The Morgan fingerprint density at radius 3 is 0.761 bits per heavy atom. The van der Waals surface area contributed by atoms with Gasteiger partial charge in [0.05, 0.1) is 48.7 Å². The summed E-state index contributed by atoms with van der Waals surface area (Å²) in [6.07, 6.45) is -0.830. The largest absolute Gasteiger partial charge is 0.383 e. The summed E-state index contributed by atoms with van der Waals surface area (Å²) in [5.74, 6) is -0.430. The molecule has 14 heteroatoms. The molecule has 4 unspecified atom stereocenters. The fraction of sp³-hybridized carbons (Fsp3) is 0.270. The monoisotopic (exact) mass is 1170 g/mol. The second-order valence-electron chi connectivity index (χ2n) is 23.6. The summed E-state index contributed by atoms with van der Waals surface area (Å²) in [4.78, 5) is 41.5. The molecule has 0 aromatic heterocycles. The first-order valence-electron chi connectivity index (χ1n) is 31.2. The van der Waals surface area contributed by atoms with Gasteiger partial charge in [0, 0.05) is 101 Å². The van der Waals surface area contributed by atoms with Gasteiger partial charge in [0.25, 0.3) is 0 Å². The zero-order valence-electron chi connectivity index (χ0n) is 49.3. The predicted molar refractivity (Wildman–Crippen MR) is 351 cm³/mol. The number of carbonyl (C=O) groups excluding carboxylic acids is 2. The highest BCUT2D eigenvalue weighted by Crippen LogP contribution is 2.43. The van der Waals surface area contributed by atoms with Crippen LogP contribution >= 0.6 is 0 Å². The first-order valence-corrected chi connectivity index (χ1v) is 31.2. The van der Waals surface area contributed by atoms with Crippen molar-refractivity contribution in [1.29, 1.82) is 0 Å². The zero-order valence-corrected chi connectivity index (χ0v) is 49.3. The van der Waals surface area contributed by atoms with E-state index in [-0.39, 0.29) is 36.5 Å². The maximum atomic E-state index is 16.1. The van der Waals surface area contributed by atoms with Crippen LogP contribution in [-0.4, -0.2) is 136 Å². The van der Waals surface area contributed by atoms with Crippen LogP contribution in [0.2, 0.25) is 0 Å². The Bertz CT molecular complexity index is 3720. The van der Waals surface area contributed by atoms with Gasteiger partial charge >= 0.3 is 0 Å². The van der Waals surface area contributed by atoms with Gasteiger partial charge < -0.3 is 40.2 Å². The van der Waals surface area contributed by atoms with Crippen molar-refractivity contribution in [3.8, 4) is 0 Å². The van der Waals surface area contributed by atoms with Crippen molar-refractivity contribution in [3.05, 3.63) is 239 Å². The SMILES string of the molecule is O=C1c2c(NCCN3CCOC3c3ccc4ccccc4c3)ccc(NCCN3CCOC3c3ccc4ccccc4c3)c2C(=O)c2c(NCCN3CCOC3c3ccc4ccccc4c3)ccc(NCCN3CCOC3c3ccc4ccccc4c3)c21. The molecule has 0 radical (unpaired) electrons. The Kier molecular flexibility index (Phi) is 15.9. The van der Waals surface area contributed by atoms with Gasteiger partial charge in [0.2, 0.25) is 0 Å². The van der Waals surface area contributed by atoms with Crippen LogP contribution < -0.4 is 21.3 Å². The minimum absolute atomic E-state index is 0.207. The summed E-state index contributed by atoms with van der Waals surface area (Å²) in [5.41, 5.74) is 8.33. The van der Waals surface area contributed by atoms with Gasteiger partial charge in [0.1, 0.15) is 24.9 Å². The van der Waals surface area contributed by atoms with E-state index in [0.29, 0.717) is 124 Å². The summed E-state index contributed by atoms with van der Waals surface area (Å²) in [6.45, 7) is 10.1. The Morgan fingerprint density at radius 2 is 0.523 bits per heavy atom. The predicted octanol–water partition coefficient (Wildman–Crippen LogP) is 12.8. The molecular formula is C74H72N8O6. The quantitative estimate of drug-likeness (QED) is 0.0577. The van der Waals surface area contributed by atoms with E-state index in [9.17, 15) is 0 Å². The molecule has 15 rings (SSSR count). The van der Waals surface area contributed by atoms with Gasteiger partial charge in [-0.25, -0.2) is 0 Å². The number of benzene rings is 10. The highest BCUT2D eigenvalue weighted by Gasteiger charge is 2.39. The van der Waals surface area contributed by atoms with Crippen molar-refractivity contribution in [2.45, 2.75) is 24.9 Å². The van der Waals surface area contributed by atoms with Crippen LogP contribution in [-0.2, 0) is 18.9 Å². The minimum Gasteiger partial charge on any atom is -0.383 e. The van der Waals surface area contributed by atoms with E-state index in [2.05, 4.69) is 211 Å². The molecule has 4 atom stereocenters. The molecule has 0 amide bonds. The lowest BCUT2D eigenvalue weighted by molar-refractivity contribution is 0.0347. The van der Waals surface area contributed by atoms with Crippen LogP contribution in [0.1, 0.15) is 79.0 Å². The molecule has 0 saturated carbocycles. The van der Waals surface area contributed by atoms with Crippen LogP contribution in [0.25, 0.3) is 43.1 Å². The number of anilines is 4. The summed E-state index contributed by atoms with van der Waals surface area (Å²) < 4.78 is 25.5. The normalized spacial score (nSPS) is 20.0. The molecule has 4 N–H and O–H groups in total. The van der Waals surface area contributed by atoms with Gasteiger partial charge in [-0.2, -0.15) is 0 Å². The molecule has 0 spiro atoms. The summed E-state index contributed by atoms with van der Waals surface area (Å²) in [5, 5.41) is 24.2. The zero-order chi connectivity index (χ0) is 58.9. The van der Waals surface area contributed by atoms with E-state index in [1.807, 2.05) is 24.3 Å². The number of hydrogen-bond acceptors (Lipinski definition) is 14. The maximum Gasteiger partial charge on any atom is 0.198 e. The third-order valence-electron chi connectivity index (χ3n) is 18.4. The first-order chi connectivity index (χ1) is 43.5. The van der Waals surface area contributed by atoms with Crippen molar-refractivity contribution in [2.75, 3.05) is 126 Å². The van der Waals surface area contributed by atoms with Crippen LogP contribution in [0, 0.1) is 0 Å². The molecule has 10 aromatic carbocycles. The fourth-order valence-corrected chi connectivity index (χ4v) is 13.9. The second-order valence-corrected chi connectivity index (χ2v) is 23.6. The van der Waals surface area contributed by atoms with Crippen LogP contribution in [0.4, 0.5) is 22.7 Å². The Balaban J connectivity index is 0.733. The lowest BCUT2D eigenvalue weighted by atomic mass is 9.80. The smallest absolute Gasteiger partial charge is 0.198 e. The van der Waals surface area contributed by atoms with Gasteiger partial charge in [-0.05, 0) is 114 Å². The van der Waals surface area contributed by atoms with Crippen LogP contribution in [0.15, 0.2) is 194 Å². The number of carbonyl (C=O) groups is 2. The van der Waals surface area contributed by atoms with Crippen LogP contribution in [0.3, 0.4) is 0 Å². The third-order valence-corrected chi connectivity index (χ3v) is 18.4. The van der Waals surface area contributed by atoms with Crippen molar-refractivity contribution < 1.29 is 28.5 Å². The molecule has 14 nitrogen and oxygen atoms in total. The Hall–Kier alpha value is -8.54. The average Bonchev–Trinajstić information content (AvgIpc) is 1.48. The molecule has 1 aliphatic carbocycles. The summed E-state index contributed by atoms with van der Waals surface area (Å²) >= 11 is 0. The van der Waals surface area contributed by atoms with Gasteiger partial charge in [0.15, 0.2) is 11.6 Å². The Morgan fingerprint density at radius 1 is 0.295 bits per heavy atom. The Labute approximate surface area is 512 Å². The fourth-order valence-electron chi connectivity index (χ4n) is 13.9. The second kappa shape index (κ2) is 24.9. The van der Waals surface area contributed by atoms with E-state index in [1.54, 1.807) is 0 Å². The van der Waals surface area contributed by atoms with Crippen molar-refractivity contribution >= 4 is 77.4 Å². The third kappa shape index (κ3) is 11.2. The summed E-state index contributed by atoms with van der Waals surface area (Å²) in [7, 11) is 0. The van der Waals surface area contributed by atoms with E-state index in [4.69, 9.17) is 18.9 Å². The maximum absolute atomic E-state index is 16.1. The molecule has 444 valence electrons. The van der Waals surface area contributed by atoms with Gasteiger partial charge in [-0.1, -0.05) is 146 Å². The molecule has 4 aliphatic heterocycles. The lowest BCUT2D eigenvalue weighted by Crippen LogP contribution is -2.33. The van der Waals surface area contributed by atoms with Crippen molar-refractivity contribution in [3.63, 3.8) is 0 Å². The lowest BCUT2D eigenvalue weighted by Gasteiger charge is -2.29. The average molecular weight is 1170 g/mol. The molecule has 10 aromatic rings. The topological polar surface area (TPSA) is 132 Å². The van der Waals surface area contributed by atoms with Crippen LogP contribution in [0.5, 0.6) is 0 Å². The van der Waals surface area contributed by atoms with E-state index in [1.165, 1.54) is 43.1 Å². The number of nitrogens with zero attached hydrogens (tertiary/aromatic N) is 4. The molecule has 4 heterocycles. The number of fused-ring (bicyclic) bond motifs is 6. The molecular weight excluding hydrogens is 1100 g/mol. The number of ketones is 2. The molecule has 0 bridgehead atoms. The van der Waals surface area contributed by atoms with Gasteiger partial charge in [-0.15, -0.1) is 0 Å².